The second kappa shape index (κ2) is 6.71. The SMILES string of the molecule is CCOC(=O)CC=Cc1ccc(Cl)cc1Br. The van der Waals surface area contributed by atoms with E-state index in [0.29, 0.717) is 11.6 Å². The summed E-state index contributed by atoms with van der Waals surface area (Å²) in [6, 6.07) is 5.50. The van der Waals surface area contributed by atoms with E-state index < -0.39 is 0 Å². The highest BCUT2D eigenvalue weighted by atomic mass is 79.9. The zero-order valence-corrected chi connectivity index (χ0v) is 11.2. The van der Waals surface area contributed by atoms with Crippen LogP contribution in [0, 0.1) is 0 Å². The van der Waals surface area contributed by atoms with Gasteiger partial charge in [-0.3, -0.25) is 4.79 Å². The Balaban J connectivity index is 2.59. The maximum absolute atomic E-state index is 11.1. The van der Waals surface area contributed by atoms with Crippen molar-refractivity contribution in [3.8, 4) is 0 Å². The molecular formula is C12H12BrClO2. The fraction of sp³-hybridized carbons (Fsp3) is 0.250. The monoisotopic (exact) mass is 302 g/mol. The Kier molecular flexibility index (Phi) is 5.56. The van der Waals surface area contributed by atoms with Gasteiger partial charge in [-0.15, -0.1) is 0 Å². The van der Waals surface area contributed by atoms with Crippen molar-refractivity contribution in [2.24, 2.45) is 0 Å². The second-order valence-electron chi connectivity index (χ2n) is 3.08. The lowest BCUT2D eigenvalue weighted by Crippen LogP contribution is -2.01. The topological polar surface area (TPSA) is 26.3 Å². The molecule has 0 aromatic heterocycles. The third-order valence-corrected chi connectivity index (χ3v) is 2.77. The summed E-state index contributed by atoms with van der Waals surface area (Å²) in [5.41, 5.74) is 0.980. The van der Waals surface area contributed by atoms with Gasteiger partial charge >= 0.3 is 5.97 Å². The van der Waals surface area contributed by atoms with Crippen molar-refractivity contribution >= 4 is 39.6 Å². The average molecular weight is 304 g/mol. The third-order valence-electron chi connectivity index (χ3n) is 1.85. The average Bonchev–Trinajstić information content (AvgIpc) is 2.22. The van der Waals surface area contributed by atoms with Crippen molar-refractivity contribution in [2.75, 3.05) is 6.61 Å². The van der Waals surface area contributed by atoms with Crippen LogP contribution in [0.5, 0.6) is 0 Å². The highest BCUT2D eigenvalue weighted by Gasteiger charge is 1.99. The van der Waals surface area contributed by atoms with Crippen LogP contribution >= 0.6 is 27.5 Å². The van der Waals surface area contributed by atoms with Gasteiger partial charge in [0, 0.05) is 9.50 Å². The van der Waals surface area contributed by atoms with Crippen LogP contribution in [0.25, 0.3) is 6.08 Å². The molecule has 0 fully saturated rings. The Bertz CT molecular complexity index is 402. The lowest BCUT2D eigenvalue weighted by Gasteiger charge is -1.99. The number of hydrogen-bond donors (Lipinski definition) is 0. The molecule has 0 saturated carbocycles. The molecule has 0 amide bonds. The molecular weight excluding hydrogens is 291 g/mol. The number of rotatable bonds is 4. The molecule has 86 valence electrons. The van der Waals surface area contributed by atoms with Crippen LogP contribution in [0.2, 0.25) is 5.02 Å². The lowest BCUT2D eigenvalue weighted by molar-refractivity contribution is -0.142. The molecule has 0 unspecified atom stereocenters. The first-order chi connectivity index (χ1) is 7.63. The fourth-order valence-corrected chi connectivity index (χ4v) is 1.95. The van der Waals surface area contributed by atoms with Crippen LogP contribution in [0.15, 0.2) is 28.7 Å². The van der Waals surface area contributed by atoms with Gasteiger partial charge in [-0.2, -0.15) is 0 Å². The van der Waals surface area contributed by atoms with Gasteiger partial charge in [0.05, 0.1) is 13.0 Å². The van der Waals surface area contributed by atoms with Gasteiger partial charge in [-0.1, -0.05) is 45.7 Å². The molecule has 0 aliphatic rings. The van der Waals surface area contributed by atoms with Crippen LogP contribution in [0.4, 0.5) is 0 Å². The highest BCUT2D eigenvalue weighted by molar-refractivity contribution is 9.10. The first kappa shape index (κ1) is 13.3. The molecule has 4 heteroatoms. The molecule has 2 nitrogen and oxygen atoms in total. The third kappa shape index (κ3) is 4.37. The maximum Gasteiger partial charge on any atom is 0.309 e. The molecule has 16 heavy (non-hydrogen) atoms. The van der Waals surface area contributed by atoms with E-state index >= 15 is 0 Å². The van der Waals surface area contributed by atoms with Crippen LogP contribution in [0.3, 0.4) is 0 Å². The molecule has 1 rings (SSSR count). The van der Waals surface area contributed by atoms with Crippen LogP contribution in [0.1, 0.15) is 18.9 Å². The summed E-state index contributed by atoms with van der Waals surface area (Å²) in [4.78, 5) is 11.1. The van der Waals surface area contributed by atoms with E-state index in [1.165, 1.54) is 0 Å². The largest absolute Gasteiger partial charge is 0.466 e. The molecule has 1 aromatic carbocycles. The van der Waals surface area contributed by atoms with Gasteiger partial charge in [0.15, 0.2) is 0 Å². The van der Waals surface area contributed by atoms with E-state index in [1.54, 1.807) is 19.1 Å². The normalized spacial score (nSPS) is 10.7. The molecule has 0 saturated heterocycles. The number of esters is 1. The van der Waals surface area contributed by atoms with Crippen molar-refractivity contribution in [2.45, 2.75) is 13.3 Å². The number of benzene rings is 1. The molecule has 0 spiro atoms. The van der Waals surface area contributed by atoms with Gasteiger partial charge in [0.2, 0.25) is 0 Å². The Morgan fingerprint density at radius 3 is 2.94 bits per heavy atom. The predicted molar refractivity (Wildman–Crippen MR) is 69.4 cm³/mol. The van der Waals surface area contributed by atoms with E-state index in [0.717, 1.165) is 10.0 Å². The Morgan fingerprint density at radius 2 is 2.31 bits per heavy atom. The molecule has 0 bridgehead atoms. The van der Waals surface area contributed by atoms with E-state index in [9.17, 15) is 4.79 Å². The van der Waals surface area contributed by atoms with E-state index in [1.807, 2.05) is 18.2 Å². The zero-order valence-electron chi connectivity index (χ0n) is 8.87. The quantitative estimate of drug-likeness (QED) is 0.784. The minimum atomic E-state index is -0.219. The van der Waals surface area contributed by atoms with E-state index in [2.05, 4.69) is 15.9 Å². The molecule has 0 atom stereocenters. The Labute approximate surface area is 108 Å². The van der Waals surface area contributed by atoms with Gasteiger partial charge in [-0.05, 0) is 24.6 Å². The first-order valence-corrected chi connectivity index (χ1v) is 6.07. The molecule has 1 aromatic rings. The van der Waals surface area contributed by atoms with Gasteiger partial charge in [-0.25, -0.2) is 0 Å². The number of carbonyl (C=O) groups excluding carboxylic acids is 1. The second-order valence-corrected chi connectivity index (χ2v) is 4.37. The summed E-state index contributed by atoms with van der Waals surface area (Å²) < 4.78 is 5.71. The fourth-order valence-electron chi connectivity index (χ4n) is 1.14. The number of hydrogen-bond acceptors (Lipinski definition) is 2. The van der Waals surface area contributed by atoms with Crippen molar-refractivity contribution in [3.63, 3.8) is 0 Å². The zero-order chi connectivity index (χ0) is 12.0. The van der Waals surface area contributed by atoms with Gasteiger partial charge < -0.3 is 4.74 Å². The summed E-state index contributed by atoms with van der Waals surface area (Å²) >= 11 is 9.21. The molecule has 0 radical (unpaired) electrons. The Morgan fingerprint density at radius 1 is 1.56 bits per heavy atom. The smallest absolute Gasteiger partial charge is 0.309 e. The van der Waals surface area contributed by atoms with E-state index in [-0.39, 0.29) is 12.4 Å². The first-order valence-electron chi connectivity index (χ1n) is 4.90. The maximum atomic E-state index is 11.1. The summed E-state index contributed by atoms with van der Waals surface area (Å²) in [5, 5.41) is 0.675. The van der Waals surface area contributed by atoms with Crippen LogP contribution < -0.4 is 0 Å². The van der Waals surface area contributed by atoms with Crippen molar-refractivity contribution in [1.29, 1.82) is 0 Å². The van der Waals surface area contributed by atoms with Gasteiger partial charge in [0.25, 0.3) is 0 Å². The van der Waals surface area contributed by atoms with Crippen LogP contribution in [-0.4, -0.2) is 12.6 Å². The number of carbonyl (C=O) groups is 1. The van der Waals surface area contributed by atoms with Crippen molar-refractivity contribution < 1.29 is 9.53 Å². The lowest BCUT2D eigenvalue weighted by atomic mass is 10.2. The van der Waals surface area contributed by atoms with E-state index in [4.69, 9.17) is 16.3 Å². The van der Waals surface area contributed by atoms with Crippen molar-refractivity contribution in [3.05, 3.63) is 39.3 Å². The minimum Gasteiger partial charge on any atom is -0.466 e. The molecule has 0 heterocycles. The predicted octanol–water partition coefficient (Wildman–Crippen LogP) is 4.07. The molecule has 0 aliphatic carbocycles. The van der Waals surface area contributed by atoms with Gasteiger partial charge in [0.1, 0.15) is 0 Å². The summed E-state index contributed by atoms with van der Waals surface area (Å²) in [6.45, 7) is 2.20. The van der Waals surface area contributed by atoms with Crippen molar-refractivity contribution in [1.82, 2.24) is 0 Å². The summed E-state index contributed by atoms with van der Waals surface area (Å²) in [6.07, 6.45) is 3.91. The molecule has 0 aliphatic heterocycles. The van der Waals surface area contributed by atoms with Crippen LogP contribution in [-0.2, 0) is 9.53 Å². The standard InChI is InChI=1S/C12H12BrClO2/c1-2-16-12(15)5-3-4-9-6-7-10(14)8-11(9)13/h3-4,6-8H,2,5H2,1H3. The number of halogens is 2. The summed E-state index contributed by atoms with van der Waals surface area (Å²) in [5.74, 6) is -0.219. The molecule has 0 N–H and O–H groups in total. The highest BCUT2D eigenvalue weighted by Crippen LogP contribution is 2.22. The summed E-state index contributed by atoms with van der Waals surface area (Å²) in [7, 11) is 0. The minimum absolute atomic E-state index is 0.219. The number of ether oxygens (including phenoxy) is 1. The Hall–Kier alpha value is -0.800.